The second-order valence-electron chi connectivity index (χ2n) is 7.83. The summed E-state index contributed by atoms with van der Waals surface area (Å²) in [6, 6.07) is 9.77. The van der Waals surface area contributed by atoms with Crippen LogP contribution in [0.2, 0.25) is 0 Å². The van der Waals surface area contributed by atoms with Crippen LogP contribution in [0.5, 0.6) is 5.75 Å². The number of hydrogen-bond acceptors (Lipinski definition) is 6. The summed E-state index contributed by atoms with van der Waals surface area (Å²) < 4.78 is 5.73. The van der Waals surface area contributed by atoms with Gasteiger partial charge in [-0.05, 0) is 36.8 Å². The molecule has 0 spiro atoms. The van der Waals surface area contributed by atoms with Crippen molar-refractivity contribution in [1.82, 2.24) is 9.97 Å². The fraction of sp³-hybridized carbons (Fsp3) is 0.545. The fourth-order valence-corrected chi connectivity index (χ4v) is 4.46. The molecule has 150 valence electrons. The van der Waals surface area contributed by atoms with E-state index in [1.54, 1.807) is 6.20 Å². The molecule has 1 aliphatic heterocycles. The minimum Gasteiger partial charge on any atom is -0.492 e. The Hall–Kier alpha value is -2.34. The van der Waals surface area contributed by atoms with Gasteiger partial charge in [0.1, 0.15) is 18.2 Å². The first-order valence-corrected chi connectivity index (χ1v) is 10.5. The van der Waals surface area contributed by atoms with Crippen LogP contribution in [0, 0.1) is 11.8 Å². The third-order valence-electron chi connectivity index (χ3n) is 6.00. The summed E-state index contributed by atoms with van der Waals surface area (Å²) in [6.07, 6.45) is 8.45. The Morgan fingerprint density at radius 3 is 2.75 bits per heavy atom. The van der Waals surface area contributed by atoms with E-state index in [1.165, 1.54) is 32.1 Å². The number of aromatic nitrogens is 2. The smallest absolute Gasteiger partial charge is 0.227 e. The zero-order chi connectivity index (χ0) is 19.2. The molecule has 1 aliphatic carbocycles. The maximum atomic E-state index is 9.64. The summed E-state index contributed by atoms with van der Waals surface area (Å²) in [4.78, 5) is 11.6. The van der Waals surface area contributed by atoms with Crippen molar-refractivity contribution in [1.29, 1.82) is 0 Å². The lowest BCUT2D eigenvalue weighted by Gasteiger charge is -2.41. The third kappa shape index (κ3) is 4.55. The van der Waals surface area contributed by atoms with Crippen molar-refractivity contribution in [3.8, 4) is 5.75 Å². The molecular formula is C22H30N4O2. The largest absolute Gasteiger partial charge is 0.492 e. The third-order valence-corrected chi connectivity index (χ3v) is 6.00. The van der Waals surface area contributed by atoms with Crippen molar-refractivity contribution in [2.45, 2.75) is 38.7 Å². The van der Waals surface area contributed by atoms with E-state index in [0.717, 1.165) is 42.2 Å². The predicted octanol–water partition coefficient (Wildman–Crippen LogP) is 3.48. The summed E-state index contributed by atoms with van der Waals surface area (Å²) in [5.41, 5.74) is 0.719. The number of fused-ring (bicyclic) bond motifs is 1. The highest BCUT2D eigenvalue weighted by Gasteiger charge is 2.32. The second-order valence-corrected chi connectivity index (χ2v) is 7.83. The Balaban J connectivity index is 1.37. The number of piperidine rings is 1. The first-order chi connectivity index (χ1) is 13.8. The Labute approximate surface area is 167 Å². The number of nitrogens with zero attached hydrogens (tertiary/aromatic N) is 3. The van der Waals surface area contributed by atoms with Crippen LogP contribution >= 0.6 is 0 Å². The summed E-state index contributed by atoms with van der Waals surface area (Å²) in [5, 5.41) is 13.0. The van der Waals surface area contributed by atoms with Crippen molar-refractivity contribution < 1.29 is 9.84 Å². The molecule has 0 bridgehead atoms. The number of benzene rings is 1. The van der Waals surface area contributed by atoms with Crippen LogP contribution in [0.3, 0.4) is 0 Å². The van der Waals surface area contributed by atoms with E-state index in [4.69, 9.17) is 9.72 Å². The SMILES string of the molecule is OCc1cnc(N2CCC3CCCCC3C2)nc1NCCOc1ccccc1. The molecule has 2 aliphatic rings. The summed E-state index contributed by atoms with van der Waals surface area (Å²) in [7, 11) is 0. The zero-order valence-electron chi connectivity index (χ0n) is 16.4. The molecule has 2 unspecified atom stereocenters. The number of para-hydroxylation sites is 1. The van der Waals surface area contributed by atoms with Crippen LogP contribution in [-0.2, 0) is 6.61 Å². The summed E-state index contributed by atoms with van der Waals surface area (Å²) >= 11 is 0. The van der Waals surface area contributed by atoms with Gasteiger partial charge in [0.05, 0.1) is 13.2 Å². The van der Waals surface area contributed by atoms with Gasteiger partial charge < -0.3 is 20.1 Å². The molecule has 0 amide bonds. The van der Waals surface area contributed by atoms with Crippen LogP contribution in [-0.4, -0.2) is 41.3 Å². The van der Waals surface area contributed by atoms with Crippen LogP contribution in [0.25, 0.3) is 0 Å². The minimum atomic E-state index is -0.0765. The Bertz CT molecular complexity index is 755. The number of anilines is 2. The maximum absolute atomic E-state index is 9.64. The summed E-state index contributed by atoms with van der Waals surface area (Å²) in [5.74, 6) is 3.99. The first kappa shape index (κ1) is 19.0. The van der Waals surface area contributed by atoms with Crippen LogP contribution in [0.4, 0.5) is 11.8 Å². The van der Waals surface area contributed by atoms with Gasteiger partial charge in [-0.1, -0.05) is 37.5 Å². The lowest BCUT2D eigenvalue weighted by atomic mass is 9.75. The molecule has 1 aromatic carbocycles. The van der Waals surface area contributed by atoms with Crippen LogP contribution in [0.1, 0.15) is 37.7 Å². The highest BCUT2D eigenvalue weighted by atomic mass is 16.5. The first-order valence-electron chi connectivity index (χ1n) is 10.5. The van der Waals surface area contributed by atoms with Gasteiger partial charge in [-0.2, -0.15) is 4.98 Å². The van der Waals surface area contributed by atoms with Gasteiger partial charge in [-0.15, -0.1) is 0 Å². The van der Waals surface area contributed by atoms with Gasteiger partial charge in [-0.25, -0.2) is 4.98 Å². The standard InChI is InChI=1S/C22H30N4O2/c27-16-19-14-24-22(26-12-10-17-6-4-5-7-18(17)15-26)25-21(19)23-11-13-28-20-8-2-1-3-9-20/h1-3,8-9,14,17-18,27H,4-7,10-13,15-16H2,(H,23,24,25). The number of aliphatic hydroxyl groups is 1. The monoisotopic (exact) mass is 382 g/mol. The highest BCUT2D eigenvalue weighted by Crippen LogP contribution is 2.37. The number of hydrogen-bond donors (Lipinski definition) is 2. The van der Waals surface area contributed by atoms with Gasteiger partial charge in [0.25, 0.3) is 0 Å². The van der Waals surface area contributed by atoms with Gasteiger partial charge in [-0.3, -0.25) is 0 Å². The maximum Gasteiger partial charge on any atom is 0.227 e. The zero-order valence-corrected chi connectivity index (χ0v) is 16.4. The Morgan fingerprint density at radius 2 is 1.93 bits per heavy atom. The Morgan fingerprint density at radius 1 is 1.11 bits per heavy atom. The van der Waals surface area contributed by atoms with Gasteiger partial charge >= 0.3 is 0 Å². The van der Waals surface area contributed by atoms with E-state index < -0.39 is 0 Å². The normalized spacial score (nSPS) is 21.8. The molecule has 0 radical (unpaired) electrons. The molecular weight excluding hydrogens is 352 g/mol. The van der Waals surface area contributed by atoms with E-state index >= 15 is 0 Å². The summed E-state index contributed by atoms with van der Waals surface area (Å²) in [6.45, 7) is 3.15. The average Bonchev–Trinajstić information content (AvgIpc) is 2.77. The molecule has 2 fully saturated rings. The average molecular weight is 383 g/mol. The van der Waals surface area contributed by atoms with E-state index in [2.05, 4.69) is 15.2 Å². The number of nitrogens with one attached hydrogen (secondary N) is 1. The second kappa shape index (κ2) is 9.24. The molecule has 1 aromatic heterocycles. The van der Waals surface area contributed by atoms with Crippen molar-refractivity contribution >= 4 is 11.8 Å². The lowest BCUT2D eigenvalue weighted by Crippen LogP contribution is -2.42. The molecule has 6 heteroatoms. The quantitative estimate of drug-likeness (QED) is 0.715. The minimum absolute atomic E-state index is 0.0765. The molecule has 1 saturated heterocycles. The van der Waals surface area contributed by atoms with Gasteiger partial charge in [0.2, 0.25) is 5.95 Å². The number of aliphatic hydroxyl groups excluding tert-OH is 1. The molecule has 2 heterocycles. The van der Waals surface area contributed by atoms with E-state index in [9.17, 15) is 5.11 Å². The van der Waals surface area contributed by atoms with Crippen molar-refractivity contribution in [3.05, 3.63) is 42.1 Å². The molecule has 2 atom stereocenters. The highest BCUT2D eigenvalue weighted by molar-refractivity contribution is 5.48. The van der Waals surface area contributed by atoms with Crippen molar-refractivity contribution in [2.24, 2.45) is 11.8 Å². The molecule has 6 nitrogen and oxygen atoms in total. The topological polar surface area (TPSA) is 70.5 Å². The predicted molar refractivity (Wildman–Crippen MR) is 111 cm³/mol. The van der Waals surface area contributed by atoms with Gasteiger partial charge in [0.15, 0.2) is 0 Å². The van der Waals surface area contributed by atoms with E-state index in [-0.39, 0.29) is 6.61 Å². The Kier molecular flexibility index (Phi) is 6.27. The van der Waals surface area contributed by atoms with Gasteiger partial charge in [0, 0.05) is 24.8 Å². The number of ether oxygens (including phenoxy) is 1. The lowest BCUT2D eigenvalue weighted by molar-refractivity contribution is 0.201. The molecule has 1 saturated carbocycles. The molecule has 2 aromatic rings. The van der Waals surface area contributed by atoms with Crippen molar-refractivity contribution in [2.75, 3.05) is 36.5 Å². The molecule has 4 rings (SSSR count). The molecule has 2 N–H and O–H groups in total. The molecule has 28 heavy (non-hydrogen) atoms. The van der Waals surface area contributed by atoms with Crippen molar-refractivity contribution in [3.63, 3.8) is 0 Å². The van der Waals surface area contributed by atoms with E-state index in [0.29, 0.717) is 19.0 Å². The van der Waals surface area contributed by atoms with Crippen LogP contribution < -0.4 is 15.0 Å². The fourth-order valence-electron chi connectivity index (χ4n) is 4.46. The number of rotatable bonds is 7. The van der Waals surface area contributed by atoms with E-state index in [1.807, 2.05) is 30.3 Å². The van der Waals surface area contributed by atoms with Crippen LogP contribution in [0.15, 0.2) is 36.5 Å².